The van der Waals surface area contributed by atoms with Gasteiger partial charge in [-0.25, -0.2) is 0 Å². The highest BCUT2D eigenvalue weighted by Crippen LogP contribution is 2.34. The Hall–Kier alpha value is -2.15. The Morgan fingerprint density at radius 1 is 0.966 bits per heavy atom. The molecule has 2 heterocycles. The maximum absolute atomic E-state index is 12.8. The predicted octanol–water partition coefficient (Wildman–Crippen LogP) is 3.19. The van der Waals surface area contributed by atoms with Crippen LogP contribution in [-0.2, 0) is 14.8 Å². The van der Waals surface area contributed by atoms with Crippen molar-refractivity contribution in [3.63, 3.8) is 0 Å². The van der Waals surface area contributed by atoms with E-state index in [-0.39, 0.29) is 11.8 Å². The molecule has 0 atom stereocenters. The third-order valence-electron chi connectivity index (χ3n) is 6.27. The van der Waals surface area contributed by atoms with Crippen LogP contribution in [0.4, 0.5) is 0 Å². The average molecular weight is 416 g/mol. The summed E-state index contributed by atoms with van der Waals surface area (Å²) >= 11 is 0. The monoisotopic (exact) mass is 415 g/mol. The molecule has 4 rings (SSSR count). The fourth-order valence-corrected chi connectivity index (χ4v) is 6.15. The Labute approximate surface area is 173 Å². The molecule has 3 aliphatic rings. The molecule has 1 aromatic rings. The van der Waals surface area contributed by atoms with Gasteiger partial charge in [-0.2, -0.15) is 8.42 Å². The van der Waals surface area contributed by atoms with Gasteiger partial charge in [-0.05, 0) is 38.7 Å². The van der Waals surface area contributed by atoms with Crippen molar-refractivity contribution < 1.29 is 13.2 Å². The topological polar surface area (TPSA) is 70.1 Å². The molecule has 29 heavy (non-hydrogen) atoms. The van der Waals surface area contributed by atoms with Crippen molar-refractivity contribution in [2.75, 3.05) is 26.2 Å². The van der Waals surface area contributed by atoms with Crippen LogP contribution in [0.1, 0.15) is 50.2 Å². The number of aryl methyl sites for hydroxylation is 1. The minimum atomic E-state index is -3.71. The smallest absolute Gasteiger partial charge is 0.285 e. The number of hydrogen-bond donors (Lipinski definition) is 0. The van der Waals surface area contributed by atoms with Gasteiger partial charge in [0.15, 0.2) is 0 Å². The molecule has 0 unspecified atom stereocenters. The lowest BCUT2D eigenvalue weighted by Gasteiger charge is -2.25. The van der Waals surface area contributed by atoms with Crippen molar-refractivity contribution >= 4 is 26.7 Å². The second kappa shape index (κ2) is 7.94. The average Bonchev–Trinajstić information content (AvgIpc) is 3.21. The van der Waals surface area contributed by atoms with Gasteiger partial charge in [-0.1, -0.05) is 42.7 Å². The van der Waals surface area contributed by atoms with Gasteiger partial charge in [-0.3, -0.25) is 4.79 Å². The number of amides is 1. The van der Waals surface area contributed by atoms with Crippen molar-refractivity contribution in [1.29, 1.82) is 0 Å². The molecule has 2 fully saturated rings. The lowest BCUT2D eigenvalue weighted by atomic mass is 10.1. The second-order valence-electron chi connectivity index (χ2n) is 8.36. The quantitative estimate of drug-likeness (QED) is 0.744. The highest BCUT2D eigenvalue weighted by Gasteiger charge is 2.35. The molecule has 6 nitrogen and oxygen atoms in total. The van der Waals surface area contributed by atoms with Gasteiger partial charge in [0.1, 0.15) is 10.7 Å². The van der Waals surface area contributed by atoms with Crippen LogP contribution >= 0.6 is 0 Å². The largest absolute Gasteiger partial charge is 0.354 e. The first kappa shape index (κ1) is 20.1. The maximum atomic E-state index is 12.8. The molecule has 1 amide bonds. The van der Waals surface area contributed by atoms with E-state index in [0.29, 0.717) is 41.5 Å². The Morgan fingerprint density at radius 3 is 2.34 bits per heavy atom. The van der Waals surface area contributed by atoms with Gasteiger partial charge < -0.3 is 9.80 Å². The van der Waals surface area contributed by atoms with Crippen molar-refractivity contribution in [2.45, 2.75) is 46.0 Å². The molecule has 0 N–H and O–H groups in total. The number of nitrogens with zero attached hydrogens (tertiary/aromatic N) is 3. The van der Waals surface area contributed by atoms with Gasteiger partial charge >= 0.3 is 0 Å². The van der Waals surface area contributed by atoms with Crippen LogP contribution in [0.3, 0.4) is 0 Å². The van der Waals surface area contributed by atoms with E-state index in [1.807, 2.05) is 47.9 Å². The predicted molar refractivity (Wildman–Crippen MR) is 115 cm³/mol. The summed E-state index contributed by atoms with van der Waals surface area (Å²) in [5.74, 6) is 0.995. The molecule has 0 aromatic heterocycles. The summed E-state index contributed by atoms with van der Waals surface area (Å²) in [5, 5.41) is 0. The summed E-state index contributed by atoms with van der Waals surface area (Å²) < 4.78 is 29.7. The molecule has 2 aliphatic heterocycles. The Morgan fingerprint density at radius 2 is 1.66 bits per heavy atom. The minimum Gasteiger partial charge on any atom is -0.354 e. The zero-order valence-electron chi connectivity index (χ0n) is 17.2. The number of sulfonamides is 1. The van der Waals surface area contributed by atoms with Crippen LogP contribution in [0.25, 0.3) is 4.91 Å². The third-order valence-corrected chi connectivity index (χ3v) is 7.74. The van der Waals surface area contributed by atoms with E-state index in [1.165, 1.54) is 0 Å². The van der Waals surface area contributed by atoms with Gasteiger partial charge in [0.05, 0.1) is 0 Å². The normalized spacial score (nSPS) is 22.8. The lowest BCUT2D eigenvalue weighted by Crippen LogP contribution is -2.39. The molecule has 1 saturated heterocycles. The minimum absolute atomic E-state index is 0.181. The van der Waals surface area contributed by atoms with Crippen LogP contribution < -0.4 is 0 Å². The van der Waals surface area contributed by atoms with Crippen LogP contribution in [0.2, 0.25) is 0 Å². The van der Waals surface area contributed by atoms with Crippen molar-refractivity contribution in [2.24, 2.45) is 10.3 Å². The van der Waals surface area contributed by atoms with Crippen LogP contribution in [0.5, 0.6) is 0 Å². The molecule has 1 aliphatic carbocycles. The summed E-state index contributed by atoms with van der Waals surface area (Å²) in [6, 6.07) is 7.52. The first-order chi connectivity index (χ1) is 13.9. The fraction of sp³-hybridized carbons (Fsp3) is 0.545. The lowest BCUT2D eigenvalue weighted by molar-refractivity contribution is -0.135. The Kier molecular flexibility index (Phi) is 5.51. The van der Waals surface area contributed by atoms with E-state index in [2.05, 4.69) is 4.40 Å². The Bertz CT molecular complexity index is 958. The highest BCUT2D eigenvalue weighted by atomic mass is 32.2. The number of benzene rings is 1. The number of rotatable bonds is 2. The first-order valence-corrected chi connectivity index (χ1v) is 12.0. The number of carbonyl (C=O) groups excluding carboxylic acids is 1. The van der Waals surface area contributed by atoms with Crippen molar-refractivity contribution in [1.82, 2.24) is 9.80 Å². The van der Waals surface area contributed by atoms with Crippen molar-refractivity contribution in [3.05, 3.63) is 41.0 Å². The molecule has 1 aromatic carbocycles. The molecule has 1 saturated carbocycles. The second-order valence-corrected chi connectivity index (χ2v) is 9.90. The van der Waals surface area contributed by atoms with Crippen LogP contribution in [0.15, 0.2) is 34.2 Å². The molecular weight excluding hydrogens is 386 g/mol. The maximum Gasteiger partial charge on any atom is 0.285 e. The number of hydrogen-bond acceptors (Lipinski definition) is 4. The summed E-state index contributed by atoms with van der Waals surface area (Å²) in [7, 11) is -3.71. The molecule has 0 radical (unpaired) electrons. The van der Waals surface area contributed by atoms with Gasteiger partial charge in [0.25, 0.3) is 10.0 Å². The van der Waals surface area contributed by atoms with Crippen LogP contribution in [-0.4, -0.2) is 56.1 Å². The molecule has 0 spiro atoms. The van der Waals surface area contributed by atoms with Gasteiger partial charge in [-0.15, -0.1) is 4.40 Å². The number of carbonyl (C=O) groups is 1. The van der Waals surface area contributed by atoms with E-state index in [4.69, 9.17) is 0 Å². The van der Waals surface area contributed by atoms with E-state index in [1.54, 1.807) is 0 Å². The standard InChI is InChI=1S/C22H29N3O3S/c1-16-8-10-18(11-9-16)20-17(2)21(23-29(20,27)28)24-12-5-13-25(15-14-24)22(26)19-6-3-4-7-19/h8-11,19H,3-7,12-15H2,1-2H3. The summed E-state index contributed by atoms with van der Waals surface area (Å²) in [6.45, 7) is 6.50. The van der Waals surface area contributed by atoms with E-state index < -0.39 is 10.0 Å². The third kappa shape index (κ3) is 3.97. The SMILES string of the molecule is CC1=C(c2ccc(C)cc2)S(=O)(=O)N=C1N1CCCN(C(=O)C2CCCC2)CC1. The molecule has 0 bridgehead atoms. The fourth-order valence-electron chi connectivity index (χ4n) is 4.67. The molecule has 7 heteroatoms. The van der Waals surface area contributed by atoms with E-state index in [0.717, 1.165) is 44.2 Å². The molecule has 156 valence electrons. The van der Waals surface area contributed by atoms with Gasteiger partial charge in [0.2, 0.25) is 5.91 Å². The molecular formula is C22H29N3O3S. The zero-order valence-corrected chi connectivity index (χ0v) is 18.0. The number of amidine groups is 1. The zero-order chi connectivity index (χ0) is 20.6. The van der Waals surface area contributed by atoms with Crippen molar-refractivity contribution in [3.8, 4) is 0 Å². The first-order valence-electron chi connectivity index (χ1n) is 10.5. The highest BCUT2D eigenvalue weighted by molar-refractivity contribution is 8.00. The van der Waals surface area contributed by atoms with Gasteiger partial charge in [0, 0.05) is 37.7 Å². The summed E-state index contributed by atoms with van der Waals surface area (Å²) in [5.41, 5.74) is 2.47. The summed E-state index contributed by atoms with van der Waals surface area (Å²) in [6.07, 6.45) is 5.13. The Balaban J connectivity index is 1.53. The van der Waals surface area contributed by atoms with Crippen LogP contribution in [0, 0.1) is 12.8 Å². The summed E-state index contributed by atoms with van der Waals surface area (Å²) in [4.78, 5) is 17.1. The van der Waals surface area contributed by atoms with E-state index in [9.17, 15) is 13.2 Å². The van der Waals surface area contributed by atoms with E-state index >= 15 is 0 Å².